The molecule has 0 spiro atoms. The van der Waals surface area contributed by atoms with E-state index in [4.69, 9.17) is 9.84 Å². The maximum atomic E-state index is 9.10. The quantitative estimate of drug-likeness (QED) is 0.859. The Morgan fingerprint density at radius 1 is 1.53 bits per heavy atom. The van der Waals surface area contributed by atoms with E-state index in [1.807, 2.05) is 18.2 Å². The number of ether oxygens (including phenoxy) is 1. The number of nitrogens with zero attached hydrogens (tertiary/aromatic N) is 2. The number of aliphatic hydroxyl groups excluding tert-OH is 1. The van der Waals surface area contributed by atoms with Gasteiger partial charge in [-0.1, -0.05) is 6.07 Å². The van der Waals surface area contributed by atoms with E-state index in [1.54, 1.807) is 7.11 Å². The Morgan fingerprint density at radius 2 is 2.41 bits per heavy atom. The van der Waals surface area contributed by atoms with Crippen molar-refractivity contribution in [3.63, 3.8) is 0 Å². The molecule has 0 bridgehead atoms. The molecule has 0 amide bonds. The van der Waals surface area contributed by atoms with Crippen LogP contribution in [-0.2, 0) is 11.3 Å². The normalized spacial score (nSPS) is 20.6. The molecule has 1 aromatic heterocycles. The number of methoxy groups -OCH3 is 1. The van der Waals surface area contributed by atoms with Gasteiger partial charge in [-0.25, -0.2) is 4.98 Å². The van der Waals surface area contributed by atoms with Crippen LogP contribution in [0.4, 0.5) is 5.82 Å². The summed E-state index contributed by atoms with van der Waals surface area (Å²) in [5, 5.41) is 9.10. The van der Waals surface area contributed by atoms with Gasteiger partial charge in [-0.2, -0.15) is 0 Å². The Kier molecular flexibility index (Phi) is 4.34. The zero-order valence-corrected chi connectivity index (χ0v) is 10.3. The van der Waals surface area contributed by atoms with Crippen LogP contribution in [0.25, 0.3) is 0 Å². The van der Waals surface area contributed by atoms with Crippen LogP contribution < -0.4 is 4.90 Å². The molecule has 1 fully saturated rings. The van der Waals surface area contributed by atoms with Crippen LogP contribution in [-0.4, -0.2) is 36.9 Å². The molecule has 4 heteroatoms. The van der Waals surface area contributed by atoms with E-state index < -0.39 is 0 Å². The van der Waals surface area contributed by atoms with Crippen molar-refractivity contribution in [2.45, 2.75) is 19.4 Å². The zero-order chi connectivity index (χ0) is 12.1. The maximum Gasteiger partial charge on any atom is 0.128 e. The molecular formula is C13H20N2O2. The van der Waals surface area contributed by atoms with Crippen LogP contribution in [0.5, 0.6) is 0 Å². The predicted octanol–water partition coefficient (Wildman–Crippen LogP) is 1.44. The van der Waals surface area contributed by atoms with Crippen LogP contribution in [0.3, 0.4) is 0 Å². The van der Waals surface area contributed by atoms with Crippen LogP contribution in [0.15, 0.2) is 18.2 Å². The number of aromatic nitrogens is 1. The summed E-state index contributed by atoms with van der Waals surface area (Å²) in [6.45, 7) is 2.86. The van der Waals surface area contributed by atoms with Crippen LogP contribution >= 0.6 is 0 Å². The first-order valence-corrected chi connectivity index (χ1v) is 6.14. The first-order chi connectivity index (χ1) is 8.33. The van der Waals surface area contributed by atoms with Gasteiger partial charge < -0.3 is 14.7 Å². The minimum absolute atomic E-state index is 0.00315. The topological polar surface area (TPSA) is 45.6 Å². The minimum Gasteiger partial charge on any atom is -0.390 e. The van der Waals surface area contributed by atoms with Gasteiger partial charge in [0, 0.05) is 20.2 Å². The SMILES string of the molecule is COCC1CCCN(c2cccc(CO)n2)C1. The van der Waals surface area contributed by atoms with Gasteiger partial charge in [-0.3, -0.25) is 0 Å². The van der Waals surface area contributed by atoms with E-state index in [9.17, 15) is 0 Å². The Hall–Kier alpha value is -1.13. The van der Waals surface area contributed by atoms with Gasteiger partial charge >= 0.3 is 0 Å². The number of piperidine rings is 1. The molecule has 1 unspecified atom stereocenters. The summed E-state index contributed by atoms with van der Waals surface area (Å²) >= 11 is 0. The molecule has 0 radical (unpaired) electrons. The largest absolute Gasteiger partial charge is 0.390 e. The summed E-state index contributed by atoms with van der Waals surface area (Å²) < 4.78 is 5.22. The first-order valence-electron chi connectivity index (χ1n) is 6.14. The Morgan fingerprint density at radius 3 is 3.18 bits per heavy atom. The zero-order valence-electron chi connectivity index (χ0n) is 10.3. The van der Waals surface area contributed by atoms with E-state index in [-0.39, 0.29) is 6.61 Å². The summed E-state index contributed by atoms with van der Waals surface area (Å²) in [6.07, 6.45) is 2.41. The third-order valence-corrected chi connectivity index (χ3v) is 3.20. The molecule has 1 saturated heterocycles. The van der Waals surface area contributed by atoms with Gasteiger partial charge in [-0.05, 0) is 30.9 Å². The minimum atomic E-state index is 0.00315. The fraction of sp³-hybridized carbons (Fsp3) is 0.615. The van der Waals surface area contributed by atoms with E-state index in [0.717, 1.165) is 31.2 Å². The standard InChI is InChI=1S/C13H20N2O2/c1-17-10-11-4-3-7-15(8-11)13-6-2-5-12(9-16)14-13/h2,5-6,11,16H,3-4,7-10H2,1H3. The van der Waals surface area contributed by atoms with E-state index >= 15 is 0 Å². The number of hydrogen-bond acceptors (Lipinski definition) is 4. The van der Waals surface area contributed by atoms with Gasteiger partial charge in [0.15, 0.2) is 0 Å². The lowest BCUT2D eigenvalue weighted by Crippen LogP contribution is -2.37. The molecule has 2 heterocycles. The smallest absolute Gasteiger partial charge is 0.128 e. The molecule has 94 valence electrons. The lowest BCUT2D eigenvalue weighted by molar-refractivity contribution is 0.143. The monoisotopic (exact) mass is 236 g/mol. The molecule has 1 aromatic rings. The Balaban J connectivity index is 2.05. The summed E-state index contributed by atoms with van der Waals surface area (Å²) in [6, 6.07) is 5.81. The van der Waals surface area contributed by atoms with Gasteiger partial charge in [-0.15, -0.1) is 0 Å². The highest BCUT2D eigenvalue weighted by atomic mass is 16.5. The van der Waals surface area contributed by atoms with E-state index in [0.29, 0.717) is 5.92 Å². The number of hydrogen-bond donors (Lipinski definition) is 1. The predicted molar refractivity (Wildman–Crippen MR) is 67.0 cm³/mol. The Bertz CT molecular complexity index is 355. The van der Waals surface area contributed by atoms with Crippen LogP contribution in [0, 0.1) is 5.92 Å². The second-order valence-electron chi connectivity index (χ2n) is 4.55. The van der Waals surface area contributed by atoms with E-state index in [2.05, 4.69) is 9.88 Å². The van der Waals surface area contributed by atoms with Crippen molar-refractivity contribution in [3.05, 3.63) is 23.9 Å². The highest BCUT2D eigenvalue weighted by Crippen LogP contribution is 2.21. The molecule has 1 N–H and O–H groups in total. The summed E-state index contributed by atoms with van der Waals surface area (Å²) in [5.74, 6) is 1.56. The number of rotatable bonds is 4. The molecule has 1 aliphatic heterocycles. The molecule has 1 atom stereocenters. The summed E-state index contributed by atoms with van der Waals surface area (Å²) in [4.78, 5) is 6.73. The van der Waals surface area contributed by atoms with Gasteiger partial charge in [0.05, 0.1) is 18.9 Å². The molecule has 0 saturated carbocycles. The molecule has 17 heavy (non-hydrogen) atoms. The van der Waals surface area contributed by atoms with Crippen molar-refractivity contribution in [3.8, 4) is 0 Å². The van der Waals surface area contributed by atoms with Crippen molar-refractivity contribution >= 4 is 5.82 Å². The van der Waals surface area contributed by atoms with Gasteiger partial charge in [0.2, 0.25) is 0 Å². The first kappa shape index (κ1) is 12.3. The van der Waals surface area contributed by atoms with Crippen LogP contribution in [0.1, 0.15) is 18.5 Å². The highest BCUT2D eigenvalue weighted by Gasteiger charge is 2.20. The molecular weight excluding hydrogens is 216 g/mol. The van der Waals surface area contributed by atoms with Crippen molar-refractivity contribution in [1.82, 2.24) is 4.98 Å². The van der Waals surface area contributed by atoms with E-state index in [1.165, 1.54) is 12.8 Å². The lowest BCUT2D eigenvalue weighted by atomic mass is 9.99. The average molecular weight is 236 g/mol. The van der Waals surface area contributed by atoms with Crippen molar-refractivity contribution in [2.75, 3.05) is 31.7 Å². The average Bonchev–Trinajstić information content (AvgIpc) is 2.40. The molecule has 4 nitrogen and oxygen atoms in total. The molecule has 0 aromatic carbocycles. The third-order valence-electron chi connectivity index (χ3n) is 3.20. The van der Waals surface area contributed by atoms with Crippen molar-refractivity contribution in [1.29, 1.82) is 0 Å². The molecule has 1 aliphatic rings. The lowest BCUT2D eigenvalue weighted by Gasteiger charge is -2.33. The van der Waals surface area contributed by atoms with Gasteiger partial charge in [0.25, 0.3) is 0 Å². The maximum absolute atomic E-state index is 9.10. The Labute approximate surface area is 102 Å². The van der Waals surface area contributed by atoms with Crippen molar-refractivity contribution in [2.24, 2.45) is 5.92 Å². The summed E-state index contributed by atoms with van der Waals surface area (Å²) in [5.41, 5.74) is 0.733. The van der Waals surface area contributed by atoms with Crippen molar-refractivity contribution < 1.29 is 9.84 Å². The number of pyridine rings is 1. The highest BCUT2D eigenvalue weighted by molar-refractivity contribution is 5.39. The molecule has 2 rings (SSSR count). The van der Waals surface area contributed by atoms with Crippen LogP contribution in [0.2, 0.25) is 0 Å². The second kappa shape index (κ2) is 5.98. The second-order valence-corrected chi connectivity index (χ2v) is 4.55. The molecule has 0 aliphatic carbocycles. The van der Waals surface area contributed by atoms with Gasteiger partial charge in [0.1, 0.15) is 5.82 Å². The number of anilines is 1. The fourth-order valence-electron chi connectivity index (χ4n) is 2.38. The fourth-order valence-corrected chi connectivity index (χ4v) is 2.38. The number of aliphatic hydroxyl groups is 1. The third kappa shape index (κ3) is 3.17. The summed E-state index contributed by atoms with van der Waals surface area (Å²) in [7, 11) is 1.75.